The summed E-state index contributed by atoms with van der Waals surface area (Å²) in [4.78, 5) is 21.7. The zero-order valence-corrected chi connectivity index (χ0v) is 16.5. The zero-order valence-electron chi connectivity index (χ0n) is 16.5. The second-order valence-corrected chi connectivity index (χ2v) is 7.20. The Kier molecular flexibility index (Phi) is 4.55. The molecular formula is C21H14F3N5O3. The lowest BCUT2D eigenvalue weighted by Gasteiger charge is -2.17. The van der Waals surface area contributed by atoms with Gasteiger partial charge in [-0.3, -0.25) is 13.8 Å². The number of rotatable bonds is 4. The lowest BCUT2D eigenvalue weighted by Crippen LogP contribution is -2.27. The quantitative estimate of drug-likeness (QED) is 0.459. The van der Waals surface area contributed by atoms with Gasteiger partial charge in [-0.05, 0) is 37.3 Å². The SMILES string of the molecule is CC(CO)n1c(=O)c2c(-c3noc(-c4ccc(F)cc4F)n3)ncn2c2ccc(F)cc21. The molecule has 2 aromatic carbocycles. The van der Waals surface area contributed by atoms with Crippen LogP contribution in [0.1, 0.15) is 13.0 Å². The Labute approximate surface area is 177 Å². The summed E-state index contributed by atoms with van der Waals surface area (Å²) in [5.41, 5.74) is 0.190. The number of nitrogens with zero attached hydrogens (tertiary/aromatic N) is 5. The molecule has 1 N–H and O–H groups in total. The topological polar surface area (TPSA) is 98.5 Å². The largest absolute Gasteiger partial charge is 0.394 e. The monoisotopic (exact) mass is 441 g/mol. The Morgan fingerprint density at radius 1 is 1.09 bits per heavy atom. The summed E-state index contributed by atoms with van der Waals surface area (Å²) in [6.45, 7) is 1.25. The van der Waals surface area contributed by atoms with Crippen molar-refractivity contribution in [2.24, 2.45) is 0 Å². The summed E-state index contributed by atoms with van der Waals surface area (Å²) in [5.74, 6) is -2.49. The Morgan fingerprint density at radius 2 is 1.84 bits per heavy atom. The van der Waals surface area contributed by atoms with Crippen molar-refractivity contribution in [2.45, 2.75) is 13.0 Å². The smallest absolute Gasteiger partial charge is 0.278 e. The van der Waals surface area contributed by atoms with E-state index in [1.54, 1.807) is 6.92 Å². The molecule has 11 heteroatoms. The highest BCUT2D eigenvalue weighted by Gasteiger charge is 2.23. The molecule has 0 aliphatic carbocycles. The van der Waals surface area contributed by atoms with E-state index in [0.717, 1.165) is 12.1 Å². The van der Waals surface area contributed by atoms with Gasteiger partial charge < -0.3 is 9.63 Å². The fourth-order valence-corrected chi connectivity index (χ4v) is 3.63. The van der Waals surface area contributed by atoms with Gasteiger partial charge in [-0.1, -0.05) is 5.16 Å². The molecule has 5 rings (SSSR count). The van der Waals surface area contributed by atoms with Gasteiger partial charge in [0, 0.05) is 6.07 Å². The van der Waals surface area contributed by atoms with E-state index in [1.807, 2.05) is 0 Å². The number of benzene rings is 2. The second kappa shape index (κ2) is 7.31. The van der Waals surface area contributed by atoms with Crippen LogP contribution in [-0.2, 0) is 0 Å². The van der Waals surface area contributed by atoms with Gasteiger partial charge in [0.15, 0.2) is 0 Å². The molecule has 0 bridgehead atoms. The highest BCUT2D eigenvalue weighted by Crippen LogP contribution is 2.27. The molecule has 0 aliphatic heterocycles. The third-order valence-electron chi connectivity index (χ3n) is 5.15. The maximum absolute atomic E-state index is 14.1. The number of aliphatic hydroxyl groups is 1. The average Bonchev–Trinajstić information content (AvgIpc) is 3.41. The first kappa shape index (κ1) is 19.9. The van der Waals surface area contributed by atoms with E-state index in [0.29, 0.717) is 11.6 Å². The second-order valence-electron chi connectivity index (χ2n) is 7.20. The number of imidazole rings is 1. The molecule has 1 atom stereocenters. The molecule has 32 heavy (non-hydrogen) atoms. The van der Waals surface area contributed by atoms with Crippen molar-refractivity contribution in [1.29, 1.82) is 0 Å². The van der Waals surface area contributed by atoms with E-state index >= 15 is 0 Å². The van der Waals surface area contributed by atoms with Crippen LogP contribution in [-0.4, -0.2) is 35.8 Å². The van der Waals surface area contributed by atoms with E-state index in [4.69, 9.17) is 4.52 Å². The van der Waals surface area contributed by atoms with Crippen molar-refractivity contribution < 1.29 is 22.8 Å². The number of aliphatic hydroxyl groups excluding tert-OH is 1. The van der Waals surface area contributed by atoms with Crippen molar-refractivity contribution in [3.05, 3.63) is 70.5 Å². The fourth-order valence-electron chi connectivity index (χ4n) is 3.63. The highest BCUT2D eigenvalue weighted by atomic mass is 19.1. The lowest BCUT2D eigenvalue weighted by molar-refractivity contribution is 0.239. The first-order chi connectivity index (χ1) is 15.4. The van der Waals surface area contributed by atoms with Crippen LogP contribution in [0.15, 0.2) is 52.0 Å². The first-order valence-corrected chi connectivity index (χ1v) is 9.50. The van der Waals surface area contributed by atoms with E-state index in [1.165, 1.54) is 33.5 Å². The Bertz CT molecular complexity index is 1560. The summed E-state index contributed by atoms with van der Waals surface area (Å²) in [6, 6.07) is 6.16. The van der Waals surface area contributed by atoms with Crippen LogP contribution in [0, 0.1) is 17.5 Å². The molecule has 0 spiro atoms. The van der Waals surface area contributed by atoms with E-state index < -0.39 is 29.1 Å². The minimum atomic E-state index is -0.887. The van der Waals surface area contributed by atoms with Crippen molar-refractivity contribution in [1.82, 2.24) is 24.1 Å². The number of aromatic nitrogens is 5. The predicted molar refractivity (Wildman–Crippen MR) is 107 cm³/mol. The molecule has 3 aromatic heterocycles. The molecule has 5 aromatic rings. The van der Waals surface area contributed by atoms with Gasteiger partial charge in [0.25, 0.3) is 11.4 Å². The Hall–Kier alpha value is -3.99. The highest BCUT2D eigenvalue weighted by molar-refractivity contribution is 5.84. The zero-order chi connectivity index (χ0) is 22.6. The lowest BCUT2D eigenvalue weighted by atomic mass is 10.2. The number of halogens is 3. The van der Waals surface area contributed by atoms with Crippen molar-refractivity contribution in [2.75, 3.05) is 6.61 Å². The Morgan fingerprint density at radius 3 is 2.59 bits per heavy atom. The summed E-state index contributed by atoms with van der Waals surface area (Å²) in [6.07, 6.45) is 1.36. The van der Waals surface area contributed by atoms with Gasteiger partial charge in [-0.2, -0.15) is 4.98 Å². The summed E-state index contributed by atoms with van der Waals surface area (Å²) >= 11 is 0. The van der Waals surface area contributed by atoms with Gasteiger partial charge in [-0.15, -0.1) is 0 Å². The van der Waals surface area contributed by atoms with Crippen molar-refractivity contribution >= 4 is 16.6 Å². The van der Waals surface area contributed by atoms with Crippen molar-refractivity contribution in [3.8, 4) is 23.0 Å². The van der Waals surface area contributed by atoms with Crippen LogP contribution < -0.4 is 5.56 Å². The molecule has 0 saturated carbocycles. The molecule has 0 radical (unpaired) electrons. The van der Waals surface area contributed by atoms with Crippen LogP contribution >= 0.6 is 0 Å². The summed E-state index contributed by atoms with van der Waals surface area (Å²) in [5, 5.41) is 13.4. The first-order valence-electron chi connectivity index (χ1n) is 9.50. The summed E-state index contributed by atoms with van der Waals surface area (Å²) < 4.78 is 49.1. The van der Waals surface area contributed by atoms with E-state index in [2.05, 4.69) is 15.1 Å². The number of fused-ring (bicyclic) bond motifs is 3. The standard InChI is InChI=1S/C21H14F3N5O3/c1-10(8-30)29-16-7-12(23)3-5-15(16)28-9-25-17(18(28)21(29)31)19-26-20(32-27-19)13-4-2-11(22)6-14(13)24/h2-7,9-10,30H,8H2,1H3. The molecule has 1 unspecified atom stereocenters. The van der Waals surface area contributed by atoms with Gasteiger partial charge in [0.2, 0.25) is 5.82 Å². The molecular weight excluding hydrogens is 427 g/mol. The molecule has 0 saturated heterocycles. The van der Waals surface area contributed by atoms with E-state index in [-0.39, 0.29) is 40.6 Å². The van der Waals surface area contributed by atoms with Gasteiger partial charge in [-0.25, -0.2) is 18.2 Å². The van der Waals surface area contributed by atoms with Gasteiger partial charge in [0.1, 0.15) is 35.0 Å². The van der Waals surface area contributed by atoms with Crippen molar-refractivity contribution in [3.63, 3.8) is 0 Å². The minimum absolute atomic E-state index is 0.0534. The maximum Gasteiger partial charge on any atom is 0.278 e. The molecule has 0 amide bonds. The van der Waals surface area contributed by atoms with Gasteiger partial charge >= 0.3 is 0 Å². The maximum atomic E-state index is 14.1. The average molecular weight is 441 g/mol. The van der Waals surface area contributed by atoms with Crippen LogP contribution in [0.25, 0.3) is 39.5 Å². The Balaban J connectivity index is 1.76. The normalized spacial score (nSPS) is 12.7. The minimum Gasteiger partial charge on any atom is -0.394 e. The van der Waals surface area contributed by atoms with Gasteiger partial charge in [0.05, 0.1) is 29.2 Å². The molecule has 162 valence electrons. The van der Waals surface area contributed by atoms with Crippen LogP contribution in [0.3, 0.4) is 0 Å². The number of hydrogen-bond donors (Lipinski definition) is 1. The molecule has 0 fully saturated rings. The molecule has 3 heterocycles. The predicted octanol–water partition coefficient (Wildman–Crippen LogP) is 3.34. The number of hydrogen-bond acceptors (Lipinski definition) is 6. The van der Waals surface area contributed by atoms with Crippen LogP contribution in [0.2, 0.25) is 0 Å². The summed E-state index contributed by atoms with van der Waals surface area (Å²) in [7, 11) is 0. The van der Waals surface area contributed by atoms with Crippen LogP contribution in [0.5, 0.6) is 0 Å². The van der Waals surface area contributed by atoms with E-state index in [9.17, 15) is 23.1 Å². The van der Waals surface area contributed by atoms with Crippen LogP contribution in [0.4, 0.5) is 13.2 Å². The fraction of sp³-hybridized carbons (Fsp3) is 0.143. The third-order valence-corrected chi connectivity index (χ3v) is 5.15. The molecule has 8 nitrogen and oxygen atoms in total. The molecule has 0 aliphatic rings. The third kappa shape index (κ3) is 2.97.